The molecule has 0 fully saturated rings. The van der Waals surface area contributed by atoms with Gasteiger partial charge in [-0.1, -0.05) is 46.5 Å². The van der Waals surface area contributed by atoms with Gasteiger partial charge < -0.3 is 0 Å². The lowest BCUT2D eigenvalue weighted by Gasteiger charge is -2.17. The summed E-state index contributed by atoms with van der Waals surface area (Å²) in [7, 11) is -3.73. The highest BCUT2D eigenvalue weighted by molar-refractivity contribution is 7.89. The lowest BCUT2D eigenvalue weighted by Crippen LogP contribution is -2.30. The van der Waals surface area contributed by atoms with Gasteiger partial charge in [0.05, 0.1) is 10.9 Å². The Morgan fingerprint density at radius 2 is 1.78 bits per heavy atom. The first-order chi connectivity index (χ1) is 10.9. The number of aryl methyl sites for hydroxylation is 1. The molecule has 0 aliphatic carbocycles. The topological polar surface area (TPSA) is 94.9 Å². The number of nitrogens with zero attached hydrogens (tertiary/aromatic N) is 3. The van der Waals surface area contributed by atoms with Crippen LogP contribution >= 0.6 is 11.6 Å². The Balaban J connectivity index is 2.31. The molecule has 0 aliphatic rings. The molecule has 0 heterocycles. The molecule has 0 aliphatic heterocycles. The van der Waals surface area contributed by atoms with Crippen LogP contribution in [0.5, 0.6) is 0 Å². The first-order valence-electron chi connectivity index (χ1n) is 6.78. The highest BCUT2D eigenvalue weighted by atomic mass is 35.5. The van der Waals surface area contributed by atoms with Gasteiger partial charge in [-0.15, -0.1) is 0 Å². The van der Waals surface area contributed by atoms with Gasteiger partial charge in [0.15, 0.2) is 0 Å². The average molecular weight is 351 g/mol. The maximum Gasteiger partial charge on any atom is 0.241 e. The second-order valence-electron chi connectivity index (χ2n) is 4.95. The van der Waals surface area contributed by atoms with Crippen LogP contribution in [0.4, 0.5) is 0 Å². The fourth-order valence-electron chi connectivity index (χ4n) is 2.00. The van der Waals surface area contributed by atoms with Gasteiger partial charge in [-0.05, 0) is 42.3 Å². The first-order valence-corrected chi connectivity index (χ1v) is 8.64. The van der Waals surface area contributed by atoms with E-state index in [1.54, 1.807) is 36.4 Å². The van der Waals surface area contributed by atoms with Gasteiger partial charge >= 0.3 is 0 Å². The number of hydrogen-bond acceptors (Lipinski definition) is 3. The van der Waals surface area contributed by atoms with Gasteiger partial charge in [0.25, 0.3) is 0 Å². The van der Waals surface area contributed by atoms with Crippen LogP contribution in [-0.2, 0) is 10.0 Å². The standard InChI is InChI=1S/C15H15ClN4O2S/c1-11-2-8-14(9-3-11)23(21,22)19-15(10-18-20-17)12-4-6-13(16)7-5-12/h2-9,15,19H,10H2,1H3. The van der Waals surface area contributed by atoms with E-state index in [0.29, 0.717) is 10.6 Å². The van der Waals surface area contributed by atoms with E-state index in [9.17, 15) is 8.42 Å². The summed E-state index contributed by atoms with van der Waals surface area (Å²) < 4.78 is 27.5. The van der Waals surface area contributed by atoms with Crippen LogP contribution in [0.2, 0.25) is 5.02 Å². The molecule has 0 amide bonds. The van der Waals surface area contributed by atoms with Crippen molar-refractivity contribution in [3.63, 3.8) is 0 Å². The monoisotopic (exact) mass is 350 g/mol. The van der Waals surface area contributed by atoms with Crippen molar-refractivity contribution in [3.8, 4) is 0 Å². The van der Waals surface area contributed by atoms with Crippen molar-refractivity contribution >= 4 is 21.6 Å². The minimum absolute atomic E-state index is 0.0385. The van der Waals surface area contributed by atoms with Gasteiger partial charge in [0.1, 0.15) is 0 Å². The van der Waals surface area contributed by atoms with Gasteiger partial charge in [-0.2, -0.15) is 0 Å². The normalized spacial score (nSPS) is 12.4. The third-order valence-corrected chi connectivity index (χ3v) is 4.97. The van der Waals surface area contributed by atoms with Crippen LogP contribution < -0.4 is 4.72 Å². The van der Waals surface area contributed by atoms with E-state index in [-0.39, 0.29) is 11.4 Å². The third-order valence-electron chi connectivity index (χ3n) is 3.23. The molecule has 120 valence electrons. The van der Waals surface area contributed by atoms with E-state index < -0.39 is 16.1 Å². The van der Waals surface area contributed by atoms with E-state index in [4.69, 9.17) is 17.1 Å². The van der Waals surface area contributed by atoms with Gasteiger partial charge in [0.2, 0.25) is 10.0 Å². The van der Waals surface area contributed by atoms with Crippen LogP contribution in [-0.4, -0.2) is 15.0 Å². The molecule has 6 nitrogen and oxygen atoms in total. The second kappa shape index (κ2) is 7.48. The summed E-state index contributed by atoms with van der Waals surface area (Å²) in [6, 6.07) is 12.5. The molecular formula is C15H15ClN4O2S. The zero-order chi connectivity index (χ0) is 16.9. The molecular weight excluding hydrogens is 336 g/mol. The minimum atomic E-state index is -3.73. The molecule has 8 heteroatoms. The molecule has 0 saturated heterocycles. The summed E-state index contributed by atoms with van der Waals surface area (Å²) in [5, 5.41) is 4.02. The molecule has 2 aromatic carbocycles. The molecule has 0 spiro atoms. The van der Waals surface area contributed by atoms with Crippen molar-refractivity contribution in [2.45, 2.75) is 17.9 Å². The SMILES string of the molecule is Cc1ccc(S(=O)(=O)NC(CN=[N+]=[N-])c2ccc(Cl)cc2)cc1. The van der Waals surface area contributed by atoms with Crippen LogP contribution in [0, 0.1) is 6.92 Å². The van der Waals surface area contributed by atoms with E-state index >= 15 is 0 Å². The van der Waals surface area contributed by atoms with Crippen molar-refractivity contribution < 1.29 is 8.42 Å². The zero-order valence-electron chi connectivity index (χ0n) is 12.3. The van der Waals surface area contributed by atoms with Crippen LogP contribution in [0.1, 0.15) is 17.2 Å². The Morgan fingerprint density at radius 3 is 2.35 bits per heavy atom. The predicted molar refractivity (Wildman–Crippen MR) is 89.7 cm³/mol. The molecule has 23 heavy (non-hydrogen) atoms. The predicted octanol–water partition coefficient (Wildman–Crippen LogP) is 3.98. The van der Waals surface area contributed by atoms with Gasteiger partial charge in [0, 0.05) is 16.5 Å². The number of azide groups is 1. The minimum Gasteiger partial charge on any atom is -0.207 e. The van der Waals surface area contributed by atoms with E-state index in [1.165, 1.54) is 12.1 Å². The highest BCUT2D eigenvalue weighted by Crippen LogP contribution is 2.20. The molecule has 1 unspecified atom stereocenters. The Bertz CT molecular complexity index is 814. The molecule has 0 aromatic heterocycles. The summed E-state index contributed by atoms with van der Waals surface area (Å²) >= 11 is 5.84. The summed E-state index contributed by atoms with van der Waals surface area (Å²) in [6.45, 7) is 1.84. The summed E-state index contributed by atoms with van der Waals surface area (Å²) in [6.07, 6.45) is 0. The molecule has 0 bridgehead atoms. The number of nitrogens with one attached hydrogen (secondary N) is 1. The van der Waals surface area contributed by atoms with Crippen LogP contribution in [0.25, 0.3) is 10.4 Å². The smallest absolute Gasteiger partial charge is 0.207 e. The summed E-state index contributed by atoms with van der Waals surface area (Å²) in [5.74, 6) is 0. The Hall–Kier alpha value is -2.05. The molecule has 1 N–H and O–H groups in total. The van der Waals surface area contributed by atoms with Crippen molar-refractivity contribution in [2.24, 2.45) is 5.11 Å². The maximum atomic E-state index is 12.5. The first kappa shape index (κ1) is 17.3. The summed E-state index contributed by atoms with van der Waals surface area (Å²) in [5.41, 5.74) is 10.1. The zero-order valence-corrected chi connectivity index (χ0v) is 13.9. The van der Waals surface area contributed by atoms with Gasteiger partial charge in [-0.25, -0.2) is 13.1 Å². The van der Waals surface area contributed by atoms with E-state index in [0.717, 1.165) is 5.56 Å². The lowest BCUT2D eigenvalue weighted by molar-refractivity contribution is 0.558. The number of rotatable bonds is 6. The lowest BCUT2D eigenvalue weighted by atomic mass is 10.1. The molecule has 0 radical (unpaired) electrons. The van der Waals surface area contributed by atoms with Gasteiger partial charge in [-0.3, -0.25) is 0 Å². The van der Waals surface area contributed by atoms with Crippen molar-refractivity contribution in [1.82, 2.24) is 4.72 Å². The van der Waals surface area contributed by atoms with Crippen molar-refractivity contribution in [3.05, 3.63) is 75.1 Å². The fourth-order valence-corrected chi connectivity index (χ4v) is 3.34. The quantitative estimate of drug-likeness (QED) is 0.484. The Kier molecular flexibility index (Phi) is 5.63. The largest absolute Gasteiger partial charge is 0.241 e. The van der Waals surface area contributed by atoms with Crippen molar-refractivity contribution in [2.75, 3.05) is 6.54 Å². The molecule has 2 rings (SSSR count). The second-order valence-corrected chi connectivity index (χ2v) is 7.10. The van der Waals surface area contributed by atoms with E-state index in [1.807, 2.05) is 6.92 Å². The maximum absolute atomic E-state index is 12.5. The Morgan fingerprint density at radius 1 is 1.17 bits per heavy atom. The molecule has 1 atom stereocenters. The van der Waals surface area contributed by atoms with Crippen LogP contribution in [0.3, 0.4) is 0 Å². The number of hydrogen-bond donors (Lipinski definition) is 1. The van der Waals surface area contributed by atoms with E-state index in [2.05, 4.69) is 14.7 Å². The third kappa shape index (κ3) is 4.71. The number of sulfonamides is 1. The number of benzene rings is 2. The molecule has 0 saturated carbocycles. The fraction of sp³-hybridized carbons (Fsp3) is 0.200. The number of halogens is 1. The Labute approximate surface area is 139 Å². The highest BCUT2D eigenvalue weighted by Gasteiger charge is 2.21. The summed E-state index contributed by atoms with van der Waals surface area (Å²) in [4.78, 5) is 2.85. The molecule has 2 aromatic rings. The average Bonchev–Trinajstić information content (AvgIpc) is 2.52. The van der Waals surface area contributed by atoms with Crippen LogP contribution in [0.15, 0.2) is 58.5 Å². The van der Waals surface area contributed by atoms with Crippen molar-refractivity contribution in [1.29, 1.82) is 0 Å².